The van der Waals surface area contributed by atoms with Crippen LogP contribution < -0.4 is 5.73 Å². The molecule has 0 saturated heterocycles. The topological polar surface area (TPSA) is 46.2 Å². The number of phenolic OH excluding ortho intramolecular Hbond substituents is 1. The number of nitrogens with two attached hydrogens (primary N) is 1. The van der Waals surface area contributed by atoms with Gasteiger partial charge in [-0.15, -0.1) is 0 Å². The Labute approximate surface area is 106 Å². The molecule has 2 nitrogen and oxygen atoms in total. The molecule has 1 atom stereocenters. The summed E-state index contributed by atoms with van der Waals surface area (Å²) in [7, 11) is 0. The molecule has 0 saturated carbocycles. The van der Waals surface area contributed by atoms with Crippen LogP contribution in [0, 0.1) is 6.92 Å². The van der Waals surface area contributed by atoms with E-state index < -0.39 is 0 Å². The van der Waals surface area contributed by atoms with Gasteiger partial charge in [-0.05, 0) is 30.2 Å². The lowest BCUT2D eigenvalue weighted by Crippen LogP contribution is -2.12. The Balaban J connectivity index is 2.48. The molecule has 2 aromatic carbocycles. The first-order valence-corrected chi connectivity index (χ1v) is 5.77. The lowest BCUT2D eigenvalue weighted by Gasteiger charge is -2.16. The highest BCUT2D eigenvalue weighted by molar-refractivity contribution is 6.30. The van der Waals surface area contributed by atoms with Crippen molar-refractivity contribution < 1.29 is 5.11 Å². The van der Waals surface area contributed by atoms with E-state index in [-0.39, 0.29) is 11.8 Å². The molecule has 0 aromatic heterocycles. The molecule has 0 fully saturated rings. The van der Waals surface area contributed by atoms with Gasteiger partial charge < -0.3 is 10.8 Å². The smallest absolute Gasteiger partial charge is 0.123 e. The number of benzene rings is 2. The molecule has 2 rings (SSSR count). The van der Waals surface area contributed by atoms with Gasteiger partial charge in [0.25, 0.3) is 0 Å². The summed E-state index contributed by atoms with van der Waals surface area (Å²) in [6.45, 7) is 1.81. The molecule has 3 N–H and O–H groups in total. The molecule has 0 heterocycles. The molecule has 3 heteroatoms. The van der Waals surface area contributed by atoms with E-state index in [0.717, 1.165) is 11.1 Å². The second-order valence-electron chi connectivity index (χ2n) is 4.05. The van der Waals surface area contributed by atoms with Crippen molar-refractivity contribution in [2.24, 2.45) is 5.73 Å². The molecule has 0 amide bonds. The normalized spacial score (nSPS) is 12.4. The Morgan fingerprint density at radius 2 is 1.82 bits per heavy atom. The summed E-state index contributed by atoms with van der Waals surface area (Å²) in [6.07, 6.45) is 0. The Morgan fingerprint density at radius 3 is 2.47 bits per heavy atom. The van der Waals surface area contributed by atoms with Crippen LogP contribution in [0.25, 0.3) is 0 Å². The Bertz CT molecular complexity index is 525. The van der Waals surface area contributed by atoms with Crippen molar-refractivity contribution in [1.29, 1.82) is 0 Å². The quantitative estimate of drug-likeness (QED) is 0.854. The summed E-state index contributed by atoms with van der Waals surface area (Å²) in [5.74, 6) is 0.214. The third kappa shape index (κ3) is 2.43. The predicted molar refractivity (Wildman–Crippen MR) is 70.3 cm³/mol. The average molecular weight is 248 g/mol. The van der Waals surface area contributed by atoms with Crippen LogP contribution in [-0.2, 0) is 0 Å². The number of aromatic hydroxyl groups is 1. The number of phenols is 1. The molecule has 0 aliphatic heterocycles. The first-order valence-electron chi connectivity index (χ1n) is 5.39. The van der Waals surface area contributed by atoms with Gasteiger partial charge in [-0.3, -0.25) is 0 Å². The molecule has 0 aliphatic carbocycles. The van der Waals surface area contributed by atoms with E-state index in [9.17, 15) is 5.11 Å². The van der Waals surface area contributed by atoms with Crippen molar-refractivity contribution >= 4 is 11.6 Å². The van der Waals surface area contributed by atoms with E-state index >= 15 is 0 Å². The minimum Gasteiger partial charge on any atom is -0.507 e. The lowest BCUT2D eigenvalue weighted by atomic mass is 9.97. The Hall–Kier alpha value is -1.51. The highest BCUT2D eigenvalue weighted by Crippen LogP contribution is 2.32. The van der Waals surface area contributed by atoms with Crippen molar-refractivity contribution in [1.82, 2.24) is 0 Å². The fourth-order valence-corrected chi connectivity index (χ4v) is 2.12. The van der Waals surface area contributed by atoms with Crippen molar-refractivity contribution in [3.05, 3.63) is 64.2 Å². The standard InChI is InChI=1S/C14H14ClNO/c1-9-7-11(15)8-12(14(9)17)13(16)10-5-3-2-4-6-10/h2-8,13,17H,16H2,1H3. The van der Waals surface area contributed by atoms with Gasteiger partial charge in [0.15, 0.2) is 0 Å². The second kappa shape index (κ2) is 4.78. The van der Waals surface area contributed by atoms with Gasteiger partial charge >= 0.3 is 0 Å². The molecule has 0 spiro atoms. The third-order valence-electron chi connectivity index (χ3n) is 2.79. The molecule has 2 aromatic rings. The van der Waals surface area contributed by atoms with E-state index in [1.165, 1.54) is 0 Å². The Kier molecular flexibility index (Phi) is 3.36. The van der Waals surface area contributed by atoms with Crippen molar-refractivity contribution in [2.45, 2.75) is 13.0 Å². The number of rotatable bonds is 2. The first-order chi connectivity index (χ1) is 8.09. The fourth-order valence-electron chi connectivity index (χ4n) is 1.84. The minimum atomic E-state index is -0.367. The predicted octanol–water partition coefficient (Wildman–Crippen LogP) is 3.40. The number of hydrogen-bond donors (Lipinski definition) is 2. The second-order valence-corrected chi connectivity index (χ2v) is 4.49. The van der Waals surface area contributed by atoms with Gasteiger partial charge in [0, 0.05) is 10.6 Å². The van der Waals surface area contributed by atoms with Crippen molar-refractivity contribution in [3.8, 4) is 5.75 Å². The van der Waals surface area contributed by atoms with E-state index in [0.29, 0.717) is 10.6 Å². The van der Waals surface area contributed by atoms with Crippen LogP contribution in [0.3, 0.4) is 0 Å². The molecule has 1 unspecified atom stereocenters. The highest BCUT2D eigenvalue weighted by Gasteiger charge is 2.15. The monoisotopic (exact) mass is 247 g/mol. The molecule has 88 valence electrons. The van der Waals surface area contributed by atoms with E-state index in [1.54, 1.807) is 12.1 Å². The zero-order chi connectivity index (χ0) is 12.4. The van der Waals surface area contributed by atoms with Crippen LogP contribution in [0.2, 0.25) is 5.02 Å². The fraction of sp³-hybridized carbons (Fsp3) is 0.143. The number of aryl methyl sites for hydroxylation is 1. The largest absolute Gasteiger partial charge is 0.507 e. The minimum absolute atomic E-state index is 0.214. The van der Waals surface area contributed by atoms with Gasteiger partial charge in [-0.2, -0.15) is 0 Å². The van der Waals surface area contributed by atoms with Crippen LogP contribution in [0.1, 0.15) is 22.7 Å². The van der Waals surface area contributed by atoms with E-state index in [4.69, 9.17) is 17.3 Å². The summed E-state index contributed by atoms with van der Waals surface area (Å²) in [4.78, 5) is 0. The van der Waals surface area contributed by atoms with Crippen LogP contribution in [-0.4, -0.2) is 5.11 Å². The average Bonchev–Trinajstić information content (AvgIpc) is 2.34. The van der Waals surface area contributed by atoms with E-state index in [1.807, 2.05) is 37.3 Å². The molecule has 17 heavy (non-hydrogen) atoms. The summed E-state index contributed by atoms with van der Waals surface area (Å²) >= 11 is 5.99. The third-order valence-corrected chi connectivity index (χ3v) is 3.01. The zero-order valence-electron chi connectivity index (χ0n) is 9.52. The SMILES string of the molecule is Cc1cc(Cl)cc(C(N)c2ccccc2)c1O. The molecule has 0 radical (unpaired) electrons. The molecular formula is C14H14ClNO. The van der Waals surface area contributed by atoms with Gasteiger partial charge in [-0.1, -0.05) is 41.9 Å². The van der Waals surface area contributed by atoms with E-state index in [2.05, 4.69) is 0 Å². The lowest BCUT2D eigenvalue weighted by molar-refractivity contribution is 0.461. The zero-order valence-corrected chi connectivity index (χ0v) is 10.3. The van der Waals surface area contributed by atoms with Crippen molar-refractivity contribution in [2.75, 3.05) is 0 Å². The van der Waals surface area contributed by atoms with Gasteiger partial charge in [0.05, 0.1) is 6.04 Å². The highest BCUT2D eigenvalue weighted by atomic mass is 35.5. The molecule has 0 aliphatic rings. The summed E-state index contributed by atoms with van der Waals surface area (Å²) in [6, 6.07) is 12.7. The summed E-state index contributed by atoms with van der Waals surface area (Å²) < 4.78 is 0. The maximum atomic E-state index is 10.0. The van der Waals surface area contributed by atoms with Crippen LogP contribution >= 0.6 is 11.6 Å². The number of hydrogen-bond acceptors (Lipinski definition) is 2. The maximum Gasteiger partial charge on any atom is 0.123 e. The van der Waals surface area contributed by atoms with Crippen LogP contribution in [0.5, 0.6) is 5.75 Å². The van der Waals surface area contributed by atoms with Crippen LogP contribution in [0.15, 0.2) is 42.5 Å². The summed E-state index contributed by atoms with van der Waals surface area (Å²) in [5.41, 5.74) is 8.47. The van der Waals surface area contributed by atoms with Crippen molar-refractivity contribution in [3.63, 3.8) is 0 Å². The first kappa shape index (κ1) is 12.0. The summed E-state index contributed by atoms with van der Waals surface area (Å²) in [5, 5.41) is 10.6. The maximum absolute atomic E-state index is 10.0. The van der Waals surface area contributed by atoms with Crippen LogP contribution in [0.4, 0.5) is 0 Å². The van der Waals surface area contributed by atoms with Gasteiger partial charge in [0.1, 0.15) is 5.75 Å². The number of halogens is 1. The van der Waals surface area contributed by atoms with Gasteiger partial charge in [0.2, 0.25) is 0 Å². The van der Waals surface area contributed by atoms with Gasteiger partial charge in [-0.25, -0.2) is 0 Å². The Morgan fingerprint density at radius 1 is 1.18 bits per heavy atom. The molecule has 0 bridgehead atoms. The molecular weight excluding hydrogens is 234 g/mol.